The van der Waals surface area contributed by atoms with E-state index in [0.29, 0.717) is 17.5 Å². The van der Waals surface area contributed by atoms with Crippen molar-refractivity contribution in [3.8, 4) is 0 Å². The molecule has 1 N–H and O–H groups in total. The standard InChI is InChI=1S/C15H15Br2NO2/c1-20-15(19)11-6-9(16)7-12(17)14(11)18-13-5-8-3-2-4-10(8)13/h2,4,6-8,10,13,18H,3,5H2,1H3. The molecule has 20 heavy (non-hydrogen) atoms. The van der Waals surface area contributed by atoms with E-state index in [9.17, 15) is 4.79 Å². The molecule has 2 aliphatic rings. The fourth-order valence-corrected chi connectivity index (χ4v) is 4.40. The van der Waals surface area contributed by atoms with Crippen molar-refractivity contribution in [1.29, 1.82) is 0 Å². The molecule has 0 saturated heterocycles. The highest BCUT2D eigenvalue weighted by atomic mass is 79.9. The van der Waals surface area contributed by atoms with Crippen LogP contribution in [0, 0.1) is 11.8 Å². The summed E-state index contributed by atoms with van der Waals surface area (Å²) < 4.78 is 6.59. The Kier molecular flexibility index (Phi) is 3.91. The molecule has 1 fully saturated rings. The van der Waals surface area contributed by atoms with Gasteiger partial charge in [-0.3, -0.25) is 0 Å². The van der Waals surface area contributed by atoms with Crippen LogP contribution < -0.4 is 5.32 Å². The van der Waals surface area contributed by atoms with Gasteiger partial charge in [-0.2, -0.15) is 0 Å². The van der Waals surface area contributed by atoms with E-state index in [0.717, 1.165) is 27.0 Å². The van der Waals surface area contributed by atoms with Gasteiger partial charge in [0.25, 0.3) is 0 Å². The van der Waals surface area contributed by atoms with Crippen molar-refractivity contribution in [3.05, 3.63) is 38.8 Å². The summed E-state index contributed by atoms with van der Waals surface area (Å²) in [6.07, 6.45) is 6.89. The molecule has 0 spiro atoms. The number of halogens is 2. The zero-order valence-electron chi connectivity index (χ0n) is 11.0. The molecule has 3 nitrogen and oxygen atoms in total. The van der Waals surface area contributed by atoms with Crippen LogP contribution in [-0.2, 0) is 4.74 Å². The Labute approximate surface area is 135 Å². The number of fused-ring (bicyclic) bond motifs is 1. The Morgan fingerprint density at radius 3 is 2.90 bits per heavy atom. The lowest BCUT2D eigenvalue weighted by Gasteiger charge is -2.41. The second-order valence-corrected chi connectivity index (χ2v) is 7.06. The minimum absolute atomic E-state index is 0.327. The van der Waals surface area contributed by atoms with E-state index in [-0.39, 0.29) is 5.97 Å². The predicted octanol–water partition coefficient (Wildman–Crippen LogP) is 4.37. The van der Waals surface area contributed by atoms with Crippen molar-refractivity contribution in [2.24, 2.45) is 11.8 Å². The SMILES string of the molecule is COC(=O)c1cc(Br)cc(Br)c1NC1CC2CC=CC21. The van der Waals surface area contributed by atoms with E-state index in [1.165, 1.54) is 13.5 Å². The topological polar surface area (TPSA) is 38.3 Å². The van der Waals surface area contributed by atoms with Gasteiger partial charge in [-0.15, -0.1) is 0 Å². The molecular formula is C15H15Br2NO2. The fourth-order valence-electron chi connectivity index (χ4n) is 3.06. The number of carbonyl (C=O) groups is 1. The largest absolute Gasteiger partial charge is 0.465 e. The monoisotopic (exact) mass is 399 g/mol. The van der Waals surface area contributed by atoms with E-state index in [1.807, 2.05) is 6.07 Å². The Morgan fingerprint density at radius 2 is 2.20 bits per heavy atom. The van der Waals surface area contributed by atoms with Crippen LogP contribution in [0.25, 0.3) is 0 Å². The van der Waals surface area contributed by atoms with Crippen LogP contribution in [0.4, 0.5) is 5.69 Å². The predicted molar refractivity (Wildman–Crippen MR) is 85.9 cm³/mol. The number of hydrogen-bond donors (Lipinski definition) is 1. The quantitative estimate of drug-likeness (QED) is 0.604. The molecule has 0 bridgehead atoms. The molecule has 2 aliphatic carbocycles. The highest BCUT2D eigenvalue weighted by Gasteiger charge is 2.41. The van der Waals surface area contributed by atoms with E-state index in [2.05, 4.69) is 49.3 Å². The lowest BCUT2D eigenvalue weighted by molar-refractivity contribution is 0.0601. The van der Waals surface area contributed by atoms with Crippen molar-refractivity contribution in [1.82, 2.24) is 0 Å². The van der Waals surface area contributed by atoms with Gasteiger partial charge in [-0.1, -0.05) is 28.1 Å². The minimum Gasteiger partial charge on any atom is -0.465 e. The Bertz CT molecular complexity index is 585. The molecule has 0 aliphatic heterocycles. The molecule has 5 heteroatoms. The molecule has 1 aromatic rings. The molecule has 0 aromatic heterocycles. The first kappa shape index (κ1) is 14.1. The summed E-state index contributed by atoms with van der Waals surface area (Å²) in [5.41, 5.74) is 1.38. The second kappa shape index (κ2) is 5.53. The van der Waals surface area contributed by atoms with Crippen LogP contribution in [0.1, 0.15) is 23.2 Å². The van der Waals surface area contributed by atoms with Gasteiger partial charge >= 0.3 is 5.97 Å². The van der Waals surface area contributed by atoms with Crippen LogP contribution in [0.5, 0.6) is 0 Å². The van der Waals surface area contributed by atoms with Crippen molar-refractivity contribution in [2.75, 3.05) is 12.4 Å². The zero-order valence-corrected chi connectivity index (χ0v) is 14.2. The van der Waals surface area contributed by atoms with Gasteiger partial charge in [0.05, 0.1) is 18.4 Å². The van der Waals surface area contributed by atoms with Crippen LogP contribution in [0.2, 0.25) is 0 Å². The Morgan fingerprint density at radius 1 is 1.40 bits per heavy atom. The highest BCUT2D eigenvalue weighted by molar-refractivity contribution is 9.11. The molecule has 1 aromatic carbocycles. The van der Waals surface area contributed by atoms with Crippen LogP contribution in [0.3, 0.4) is 0 Å². The number of hydrogen-bond acceptors (Lipinski definition) is 3. The lowest BCUT2D eigenvalue weighted by atomic mass is 9.71. The number of anilines is 1. The number of rotatable bonds is 3. The highest BCUT2D eigenvalue weighted by Crippen LogP contribution is 2.45. The maximum absolute atomic E-state index is 11.9. The zero-order chi connectivity index (χ0) is 14.3. The van der Waals surface area contributed by atoms with Gasteiger partial charge in [0.2, 0.25) is 0 Å². The van der Waals surface area contributed by atoms with E-state index >= 15 is 0 Å². The van der Waals surface area contributed by atoms with Gasteiger partial charge in [-0.25, -0.2) is 4.79 Å². The number of ether oxygens (including phenoxy) is 1. The molecule has 0 heterocycles. The van der Waals surface area contributed by atoms with E-state index in [4.69, 9.17) is 4.74 Å². The normalized spacial score (nSPS) is 26.9. The number of allylic oxidation sites excluding steroid dienone is 1. The summed E-state index contributed by atoms with van der Waals surface area (Å²) in [5, 5.41) is 3.51. The van der Waals surface area contributed by atoms with Gasteiger partial charge < -0.3 is 10.1 Å². The number of benzene rings is 1. The summed E-state index contributed by atoms with van der Waals surface area (Å²) in [7, 11) is 1.40. The van der Waals surface area contributed by atoms with Crippen molar-refractivity contribution in [2.45, 2.75) is 18.9 Å². The number of nitrogens with one attached hydrogen (secondary N) is 1. The molecule has 0 amide bonds. The average Bonchev–Trinajstić information content (AvgIpc) is 2.77. The van der Waals surface area contributed by atoms with Gasteiger partial charge in [-0.05, 0) is 46.8 Å². The summed E-state index contributed by atoms with van der Waals surface area (Å²) in [5.74, 6) is 1.05. The first-order valence-electron chi connectivity index (χ1n) is 6.60. The minimum atomic E-state index is -0.327. The number of methoxy groups -OCH3 is 1. The maximum Gasteiger partial charge on any atom is 0.340 e. The Hall–Kier alpha value is -0.810. The summed E-state index contributed by atoms with van der Waals surface area (Å²) in [6, 6.07) is 4.13. The molecule has 106 valence electrons. The average molecular weight is 401 g/mol. The van der Waals surface area contributed by atoms with Crippen molar-refractivity contribution in [3.63, 3.8) is 0 Å². The number of esters is 1. The summed E-state index contributed by atoms with van der Waals surface area (Å²) in [4.78, 5) is 11.9. The van der Waals surface area contributed by atoms with Crippen molar-refractivity contribution < 1.29 is 9.53 Å². The molecule has 3 unspecified atom stereocenters. The first-order chi connectivity index (χ1) is 9.60. The first-order valence-corrected chi connectivity index (χ1v) is 8.19. The third kappa shape index (κ3) is 2.42. The fraction of sp³-hybridized carbons (Fsp3) is 0.400. The van der Waals surface area contributed by atoms with Gasteiger partial charge in [0.15, 0.2) is 0 Å². The third-order valence-corrected chi connectivity index (χ3v) is 5.24. The smallest absolute Gasteiger partial charge is 0.340 e. The van der Waals surface area contributed by atoms with Crippen LogP contribution in [0.15, 0.2) is 33.2 Å². The van der Waals surface area contributed by atoms with Crippen LogP contribution >= 0.6 is 31.9 Å². The van der Waals surface area contributed by atoms with Gasteiger partial charge in [0.1, 0.15) is 0 Å². The second-order valence-electron chi connectivity index (χ2n) is 5.29. The molecule has 3 rings (SSSR count). The molecule has 0 radical (unpaired) electrons. The Balaban J connectivity index is 1.88. The van der Waals surface area contributed by atoms with Crippen molar-refractivity contribution >= 4 is 43.5 Å². The van der Waals surface area contributed by atoms with Crippen LogP contribution in [-0.4, -0.2) is 19.1 Å². The lowest BCUT2D eigenvalue weighted by Crippen LogP contribution is -2.43. The summed E-state index contributed by atoms with van der Waals surface area (Å²) >= 11 is 6.94. The van der Waals surface area contributed by atoms with Gasteiger partial charge in [0, 0.05) is 20.9 Å². The summed E-state index contributed by atoms with van der Waals surface area (Å²) in [6.45, 7) is 0. The van der Waals surface area contributed by atoms with E-state index < -0.39 is 0 Å². The molecule has 1 saturated carbocycles. The maximum atomic E-state index is 11.9. The van der Waals surface area contributed by atoms with E-state index in [1.54, 1.807) is 6.07 Å². The number of carbonyl (C=O) groups excluding carboxylic acids is 1. The molecule has 3 atom stereocenters. The third-order valence-electron chi connectivity index (χ3n) is 4.15. The molecular weight excluding hydrogens is 386 g/mol.